The lowest BCUT2D eigenvalue weighted by Gasteiger charge is -2.08. The highest BCUT2D eigenvalue weighted by Gasteiger charge is 1.95. The third-order valence-corrected chi connectivity index (χ3v) is 1.47. The molecule has 2 heteroatoms. The van der Waals surface area contributed by atoms with Gasteiger partial charge in [-0.2, -0.15) is 0 Å². The van der Waals surface area contributed by atoms with Gasteiger partial charge in [0.1, 0.15) is 0 Å². The minimum absolute atomic E-state index is 0.278. The predicted molar refractivity (Wildman–Crippen MR) is 48.5 cm³/mol. The first kappa shape index (κ1) is 10.5. The van der Waals surface area contributed by atoms with E-state index in [1.807, 2.05) is 27.0 Å². The van der Waals surface area contributed by atoms with Crippen LogP contribution in [0.1, 0.15) is 27.2 Å². The van der Waals surface area contributed by atoms with Gasteiger partial charge in [0.05, 0.1) is 12.4 Å². The maximum atomic E-state index is 5.26. The van der Waals surface area contributed by atoms with Gasteiger partial charge in [-0.1, -0.05) is 6.92 Å². The Balaban J connectivity index is 3.53. The number of nitrogens with one attached hydrogen (secondary N) is 1. The summed E-state index contributed by atoms with van der Waals surface area (Å²) in [5.41, 5.74) is 0. The van der Waals surface area contributed by atoms with Crippen molar-refractivity contribution in [2.75, 3.05) is 7.05 Å². The van der Waals surface area contributed by atoms with Gasteiger partial charge in [0.15, 0.2) is 0 Å². The highest BCUT2D eigenvalue weighted by atomic mass is 16.5. The molecule has 0 fully saturated rings. The van der Waals surface area contributed by atoms with Crippen LogP contribution in [0.15, 0.2) is 12.3 Å². The van der Waals surface area contributed by atoms with Crippen molar-refractivity contribution in [3.8, 4) is 0 Å². The summed E-state index contributed by atoms with van der Waals surface area (Å²) in [5, 5.41) is 3.16. The fraction of sp³-hybridized carbons (Fsp3) is 0.778. The molecule has 0 rings (SSSR count). The first-order valence-electron chi connectivity index (χ1n) is 4.20. The molecule has 0 aliphatic heterocycles. The molecule has 0 aromatic rings. The van der Waals surface area contributed by atoms with Gasteiger partial charge in [-0.3, -0.25) is 0 Å². The standard InChI is InChI=1S/C9H19NO/c1-5-9(10-4)6-7-11-8(2)3/h6-10H,5H2,1-4H3/b7-6-. The SMILES string of the molecule is CCC(/C=C\OC(C)C)NC. The number of likely N-dealkylation sites (N-methyl/N-ethyl adjacent to an activating group) is 1. The van der Waals surface area contributed by atoms with Crippen molar-refractivity contribution in [3.05, 3.63) is 12.3 Å². The third-order valence-electron chi connectivity index (χ3n) is 1.47. The molecular weight excluding hydrogens is 138 g/mol. The van der Waals surface area contributed by atoms with Crippen LogP contribution in [0.4, 0.5) is 0 Å². The Hall–Kier alpha value is -0.500. The quantitative estimate of drug-likeness (QED) is 0.616. The normalized spacial score (nSPS) is 14.3. The molecule has 1 atom stereocenters. The van der Waals surface area contributed by atoms with E-state index in [1.165, 1.54) is 0 Å². The fourth-order valence-corrected chi connectivity index (χ4v) is 0.734. The molecule has 0 radical (unpaired) electrons. The van der Waals surface area contributed by atoms with Crippen molar-refractivity contribution in [1.82, 2.24) is 5.32 Å². The molecule has 0 heterocycles. The number of hydrogen-bond donors (Lipinski definition) is 1. The van der Waals surface area contributed by atoms with Crippen LogP contribution in [0.2, 0.25) is 0 Å². The molecular formula is C9H19NO. The summed E-state index contributed by atoms with van der Waals surface area (Å²) < 4.78 is 5.26. The maximum absolute atomic E-state index is 5.26. The van der Waals surface area contributed by atoms with E-state index in [0.29, 0.717) is 6.04 Å². The Kier molecular flexibility index (Phi) is 5.94. The van der Waals surface area contributed by atoms with Crippen LogP contribution in [0.3, 0.4) is 0 Å². The monoisotopic (exact) mass is 157 g/mol. The second-order valence-electron chi connectivity index (χ2n) is 2.82. The fourth-order valence-electron chi connectivity index (χ4n) is 0.734. The summed E-state index contributed by atoms with van der Waals surface area (Å²) in [4.78, 5) is 0. The van der Waals surface area contributed by atoms with E-state index >= 15 is 0 Å². The zero-order chi connectivity index (χ0) is 8.69. The molecule has 0 saturated heterocycles. The van der Waals surface area contributed by atoms with Gasteiger partial charge in [0.2, 0.25) is 0 Å². The summed E-state index contributed by atoms with van der Waals surface area (Å²) in [6.45, 7) is 6.18. The van der Waals surface area contributed by atoms with Crippen LogP contribution in [0, 0.1) is 0 Å². The van der Waals surface area contributed by atoms with Crippen molar-refractivity contribution >= 4 is 0 Å². The van der Waals surface area contributed by atoms with Crippen LogP contribution in [0.5, 0.6) is 0 Å². The van der Waals surface area contributed by atoms with Crippen LogP contribution in [0.25, 0.3) is 0 Å². The average Bonchev–Trinajstić information content (AvgIpc) is 1.98. The van der Waals surface area contributed by atoms with Crippen LogP contribution < -0.4 is 5.32 Å². The van der Waals surface area contributed by atoms with E-state index < -0.39 is 0 Å². The third kappa shape index (κ3) is 5.92. The highest BCUT2D eigenvalue weighted by Crippen LogP contribution is 1.94. The van der Waals surface area contributed by atoms with Crippen LogP contribution in [-0.4, -0.2) is 19.2 Å². The molecule has 11 heavy (non-hydrogen) atoms. The van der Waals surface area contributed by atoms with Gasteiger partial charge in [-0.25, -0.2) is 0 Å². The molecule has 0 aliphatic rings. The summed E-state index contributed by atoms with van der Waals surface area (Å²) in [6, 6.07) is 0.439. The lowest BCUT2D eigenvalue weighted by molar-refractivity contribution is 0.178. The molecule has 0 aromatic heterocycles. The van der Waals surface area contributed by atoms with E-state index in [9.17, 15) is 0 Å². The lowest BCUT2D eigenvalue weighted by Crippen LogP contribution is -2.21. The molecule has 0 aromatic carbocycles. The minimum Gasteiger partial charge on any atom is -0.499 e. The van der Waals surface area contributed by atoms with Crippen molar-refractivity contribution in [2.45, 2.75) is 39.3 Å². The average molecular weight is 157 g/mol. The first-order chi connectivity index (χ1) is 5.20. The number of ether oxygens (including phenoxy) is 1. The summed E-state index contributed by atoms with van der Waals surface area (Å²) in [5.74, 6) is 0. The zero-order valence-corrected chi connectivity index (χ0v) is 7.92. The van der Waals surface area contributed by atoms with Crippen molar-refractivity contribution in [1.29, 1.82) is 0 Å². The second kappa shape index (κ2) is 6.23. The van der Waals surface area contributed by atoms with E-state index in [-0.39, 0.29) is 6.10 Å². The predicted octanol–water partition coefficient (Wildman–Crippen LogP) is 1.92. The Morgan fingerprint density at radius 3 is 2.45 bits per heavy atom. The molecule has 66 valence electrons. The number of rotatable bonds is 5. The topological polar surface area (TPSA) is 21.3 Å². The molecule has 0 saturated carbocycles. The number of hydrogen-bond acceptors (Lipinski definition) is 2. The molecule has 0 bridgehead atoms. The van der Waals surface area contributed by atoms with E-state index in [2.05, 4.69) is 12.2 Å². The molecule has 0 spiro atoms. The summed E-state index contributed by atoms with van der Waals surface area (Å²) in [7, 11) is 1.95. The van der Waals surface area contributed by atoms with E-state index in [4.69, 9.17) is 4.74 Å². The Labute approximate surface area is 69.6 Å². The molecule has 2 nitrogen and oxygen atoms in total. The van der Waals surface area contributed by atoms with Gasteiger partial charge in [0.25, 0.3) is 0 Å². The van der Waals surface area contributed by atoms with Crippen LogP contribution in [-0.2, 0) is 4.74 Å². The molecule has 0 aliphatic carbocycles. The van der Waals surface area contributed by atoms with Crippen molar-refractivity contribution in [3.63, 3.8) is 0 Å². The summed E-state index contributed by atoms with van der Waals surface area (Å²) >= 11 is 0. The van der Waals surface area contributed by atoms with Gasteiger partial charge < -0.3 is 10.1 Å². The Bertz CT molecular complexity index is 106. The second-order valence-corrected chi connectivity index (χ2v) is 2.82. The Morgan fingerprint density at radius 2 is 2.09 bits per heavy atom. The summed E-state index contributed by atoms with van der Waals surface area (Å²) in [6.07, 6.45) is 5.18. The Morgan fingerprint density at radius 1 is 1.45 bits per heavy atom. The molecule has 0 amide bonds. The van der Waals surface area contributed by atoms with Gasteiger partial charge in [-0.05, 0) is 33.4 Å². The maximum Gasteiger partial charge on any atom is 0.0922 e. The van der Waals surface area contributed by atoms with E-state index in [1.54, 1.807) is 6.26 Å². The molecule has 1 N–H and O–H groups in total. The van der Waals surface area contributed by atoms with Crippen molar-refractivity contribution < 1.29 is 4.74 Å². The highest BCUT2D eigenvalue weighted by molar-refractivity contribution is 4.87. The van der Waals surface area contributed by atoms with Crippen molar-refractivity contribution in [2.24, 2.45) is 0 Å². The smallest absolute Gasteiger partial charge is 0.0922 e. The zero-order valence-electron chi connectivity index (χ0n) is 7.92. The first-order valence-corrected chi connectivity index (χ1v) is 4.20. The molecule has 1 unspecified atom stereocenters. The van der Waals surface area contributed by atoms with Gasteiger partial charge in [-0.15, -0.1) is 0 Å². The van der Waals surface area contributed by atoms with Gasteiger partial charge >= 0.3 is 0 Å². The van der Waals surface area contributed by atoms with E-state index in [0.717, 1.165) is 6.42 Å². The lowest BCUT2D eigenvalue weighted by atomic mass is 10.2. The largest absolute Gasteiger partial charge is 0.499 e. The minimum atomic E-state index is 0.278. The van der Waals surface area contributed by atoms with Gasteiger partial charge in [0, 0.05) is 6.04 Å². The van der Waals surface area contributed by atoms with Crippen LogP contribution >= 0.6 is 0 Å².